The fourth-order valence-corrected chi connectivity index (χ4v) is 3.56. The number of pyridine rings is 1. The van der Waals surface area contributed by atoms with Crippen molar-refractivity contribution in [2.75, 3.05) is 10.0 Å². The normalized spacial score (nSPS) is 11.2. The second kappa shape index (κ2) is 7.17. The highest BCUT2D eigenvalue weighted by Gasteiger charge is 2.14. The third-order valence-corrected chi connectivity index (χ3v) is 5.37. The first kappa shape index (κ1) is 17.9. The van der Waals surface area contributed by atoms with Crippen molar-refractivity contribution in [1.29, 1.82) is 0 Å². The van der Waals surface area contributed by atoms with Gasteiger partial charge < -0.3 is 5.32 Å². The average molecular weight is 367 g/mol. The van der Waals surface area contributed by atoms with E-state index in [2.05, 4.69) is 21.1 Å². The summed E-state index contributed by atoms with van der Waals surface area (Å²) in [6.45, 7) is 5.99. The van der Waals surface area contributed by atoms with Crippen LogP contribution in [0.1, 0.15) is 16.7 Å². The number of hydrogen-bond donors (Lipinski definition) is 2. The standard InChI is InChI=1S/C20H21N3O2S/c1-14-4-8-18(9-5-14)26(24,25)23-20-11-7-17(13-21-20)22-19-10-6-15(2)12-16(19)3/h4-13,22H,1-3H3,(H,21,23). The van der Waals surface area contributed by atoms with Crippen molar-refractivity contribution in [2.24, 2.45) is 0 Å². The Morgan fingerprint density at radius 1 is 0.846 bits per heavy atom. The van der Waals surface area contributed by atoms with E-state index in [0.717, 1.165) is 22.5 Å². The van der Waals surface area contributed by atoms with Gasteiger partial charge in [0.2, 0.25) is 0 Å². The first-order valence-corrected chi connectivity index (χ1v) is 9.72. The van der Waals surface area contributed by atoms with E-state index in [1.54, 1.807) is 42.6 Å². The predicted octanol–water partition coefficient (Wildman–Crippen LogP) is 4.55. The number of hydrogen-bond acceptors (Lipinski definition) is 4. The Labute approximate surface area is 154 Å². The van der Waals surface area contributed by atoms with Gasteiger partial charge in [-0.1, -0.05) is 35.4 Å². The van der Waals surface area contributed by atoms with Gasteiger partial charge in [-0.3, -0.25) is 4.72 Å². The summed E-state index contributed by atoms with van der Waals surface area (Å²) in [4.78, 5) is 4.41. The summed E-state index contributed by atoms with van der Waals surface area (Å²) in [6.07, 6.45) is 1.60. The van der Waals surface area contributed by atoms with Crippen molar-refractivity contribution in [2.45, 2.75) is 25.7 Å². The molecular weight excluding hydrogens is 346 g/mol. The van der Waals surface area contributed by atoms with Crippen molar-refractivity contribution >= 4 is 27.2 Å². The maximum atomic E-state index is 12.4. The second-order valence-corrected chi connectivity index (χ2v) is 7.98. The lowest BCUT2D eigenvalue weighted by molar-refractivity contribution is 0.601. The number of nitrogens with zero attached hydrogens (tertiary/aromatic N) is 1. The van der Waals surface area contributed by atoms with Crippen molar-refractivity contribution in [3.05, 3.63) is 77.5 Å². The maximum Gasteiger partial charge on any atom is 0.263 e. The summed E-state index contributed by atoms with van der Waals surface area (Å²) in [6, 6.07) is 16.3. The van der Waals surface area contributed by atoms with Gasteiger partial charge in [-0.05, 0) is 56.7 Å². The minimum atomic E-state index is -3.65. The van der Waals surface area contributed by atoms with Crippen LogP contribution < -0.4 is 10.0 Å². The van der Waals surface area contributed by atoms with Gasteiger partial charge in [0.25, 0.3) is 10.0 Å². The van der Waals surface area contributed by atoms with Crippen LogP contribution in [0.5, 0.6) is 0 Å². The first-order chi connectivity index (χ1) is 12.3. The van der Waals surface area contributed by atoms with Gasteiger partial charge in [0, 0.05) is 5.69 Å². The molecule has 2 N–H and O–H groups in total. The van der Waals surface area contributed by atoms with Crippen molar-refractivity contribution in [1.82, 2.24) is 4.98 Å². The molecule has 134 valence electrons. The van der Waals surface area contributed by atoms with E-state index in [1.807, 2.05) is 32.9 Å². The van der Waals surface area contributed by atoms with E-state index in [-0.39, 0.29) is 10.7 Å². The zero-order valence-electron chi connectivity index (χ0n) is 14.9. The third-order valence-electron chi connectivity index (χ3n) is 3.99. The van der Waals surface area contributed by atoms with Gasteiger partial charge in [0.05, 0.1) is 16.8 Å². The molecule has 3 rings (SSSR count). The molecule has 0 saturated heterocycles. The lowest BCUT2D eigenvalue weighted by Crippen LogP contribution is -2.13. The van der Waals surface area contributed by atoms with Gasteiger partial charge in [0.15, 0.2) is 0 Å². The van der Waals surface area contributed by atoms with E-state index in [0.29, 0.717) is 0 Å². The molecule has 0 unspecified atom stereocenters. The number of aromatic nitrogens is 1. The van der Waals surface area contributed by atoms with E-state index in [9.17, 15) is 8.42 Å². The van der Waals surface area contributed by atoms with Gasteiger partial charge >= 0.3 is 0 Å². The monoisotopic (exact) mass is 367 g/mol. The van der Waals surface area contributed by atoms with E-state index >= 15 is 0 Å². The van der Waals surface area contributed by atoms with Crippen LogP contribution in [0.4, 0.5) is 17.2 Å². The summed E-state index contributed by atoms with van der Waals surface area (Å²) in [5.74, 6) is 0.275. The largest absolute Gasteiger partial charge is 0.354 e. The maximum absolute atomic E-state index is 12.4. The molecule has 0 aliphatic rings. The Kier molecular flexibility index (Phi) is 4.95. The minimum Gasteiger partial charge on any atom is -0.354 e. The highest BCUT2D eigenvalue weighted by atomic mass is 32.2. The summed E-state index contributed by atoms with van der Waals surface area (Å²) in [7, 11) is -3.65. The molecule has 6 heteroatoms. The number of aryl methyl sites for hydroxylation is 3. The molecule has 0 amide bonds. The molecule has 3 aromatic rings. The van der Waals surface area contributed by atoms with Crippen LogP contribution in [-0.2, 0) is 10.0 Å². The first-order valence-electron chi connectivity index (χ1n) is 8.23. The van der Waals surface area contributed by atoms with Crippen LogP contribution in [0.25, 0.3) is 0 Å². The fourth-order valence-electron chi connectivity index (χ4n) is 2.55. The Hall–Kier alpha value is -2.86. The molecule has 0 spiro atoms. The minimum absolute atomic E-state index is 0.211. The Bertz CT molecular complexity index is 1010. The molecule has 26 heavy (non-hydrogen) atoms. The topological polar surface area (TPSA) is 71.1 Å². The van der Waals surface area contributed by atoms with Gasteiger partial charge in [-0.25, -0.2) is 13.4 Å². The Morgan fingerprint density at radius 2 is 1.54 bits per heavy atom. The highest BCUT2D eigenvalue weighted by molar-refractivity contribution is 7.92. The van der Waals surface area contributed by atoms with Crippen molar-refractivity contribution in [3.8, 4) is 0 Å². The predicted molar refractivity (Wildman–Crippen MR) is 105 cm³/mol. The lowest BCUT2D eigenvalue weighted by atomic mass is 10.1. The highest BCUT2D eigenvalue weighted by Crippen LogP contribution is 2.22. The second-order valence-electron chi connectivity index (χ2n) is 6.29. The molecule has 2 aromatic carbocycles. The fraction of sp³-hybridized carbons (Fsp3) is 0.150. The number of rotatable bonds is 5. The summed E-state index contributed by atoms with van der Waals surface area (Å²) >= 11 is 0. The molecule has 0 radical (unpaired) electrons. The van der Waals surface area contributed by atoms with Gasteiger partial charge in [-0.15, -0.1) is 0 Å². The summed E-state index contributed by atoms with van der Waals surface area (Å²) in [5.41, 5.74) is 5.12. The molecule has 1 aromatic heterocycles. The van der Waals surface area contributed by atoms with Gasteiger partial charge in [-0.2, -0.15) is 0 Å². The van der Waals surface area contributed by atoms with Crippen LogP contribution >= 0.6 is 0 Å². The van der Waals surface area contributed by atoms with Crippen LogP contribution in [0, 0.1) is 20.8 Å². The smallest absolute Gasteiger partial charge is 0.263 e. The molecule has 1 heterocycles. The van der Waals surface area contributed by atoms with Gasteiger partial charge in [0.1, 0.15) is 5.82 Å². The van der Waals surface area contributed by atoms with Crippen LogP contribution in [0.2, 0.25) is 0 Å². The van der Waals surface area contributed by atoms with Crippen LogP contribution in [0.15, 0.2) is 65.7 Å². The van der Waals surface area contributed by atoms with E-state index in [4.69, 9.17) is 0 Å². The summed E-state index contributed by atoms with van der Waals surface area (Å²) < 4.78 is 27.3. The average Bonchev–Trinajstić information content (AvgIpc) is 2.59. The number of sulfonamides is 1. The zero-order valence-corrected chi connectivity index (χ0v) is 15.8. The molecule has 0 saturated carbocycles. The number of benzene rings is 2. The zero-order chi connectivity index (χ0) is 18.7. The molecule has 0 fully saturated rings. The number of nitrogens with one attached hydrogen (secondary N) is 2. The van der Waals surface area contributed by atoms with Crippen molar-refractivity contribution < 1.29 is 8.42 Å². The molecule has 0 aliphatic heterocycles. The van der Waals surface area contributed by atoms with Crippen LogP contribution in [0.3, 0.4) is 0 Å². The number of anilines is 3. The Morgan fingerprint density at radius 3 is 2.15 bits per heavy atom. The summed E-state index contributed by atoms with van der Waals surface area (Å²) in [5, 5.41) is 3.29. The van der Waals surface area contributed by atoms with Crippen LogP contribution in [-0.4, -0.2) is 13.4 Å². The van der Waals surface area contributed by atoms with E-state index < -0.39 is 10.0 Å². The SMILES string of the molecule is Cc1ccc(S(=O)(=O)Nc2ccc(Nc3ccc(C)cc3C)cn2)cc1. The quantitative estimate of drug-likeness (QED) is 0.694. The third kappa shape index (κ3) is 4.21. The lowest BCUT2D eigenvalue weighted by Gasteiger charge is -2.11. The molecular formula is C20H21N3O2S. The molecule has 0 aliphatic carbocycles. The Balaban J connectivity index is 1.74. The molecule has 5 nitrogen and oxygen atoms in total. The van der Waals surface area contributed by atoms with Crippen molar-refractivity contribution in [3.63, 3.8) is 0 Å². The van der Waals surface area contributed by atoms with E-state index in [1.165, 1.54) is 5.56 Å². The molecule has 0 atom stereocenters. The molecule has 0 bridgehead atoms.